The first-order chi connectivity index (χ1) is 7.37. The minimum atomic E-state index is -1.50. The van der Waals surface area contributed by atoms with Crippen LogP contribution in [0.3, 0.4) is 0 Å². The summed E-state index contributed by atoms with van der Waals surface area (Å²) in [5, 5.41) is 12.7. The van der Waals surface area contributed by atoms with Gasteiger partial charge in [0.25, 0.3) is 0 Å². The Bertz CT molecular complexity index is 237. The predicted molar refractivity (Wildman–Crippen MR) is 56.6 cm³/mol. The predicted octanol–water partition coefficient (Wildman–Crippen LogP) is 3.29. The first-order valence-corrected chi connectivity index (χ1v) is 5.63. The van der Waals surface area contributed by atoms with Crippen LogP contribution in [-0.4, -0.2) is 16.9 Å². The van der Waals surface area contributed by atoms with Crippen LogP contribution in [-0.2, 0) is 14.8 Å². The molecule has 0 atom stereocenters. The van der Waals surface area contributed by atoms with Crippen molar-refractivity contribution < 1.29 is 24.7 Å². The molecule has 0 aromatic rings. The summed E-state index contributed by atoms with van der Waals surface area (Å²) in [6.45, 7) is 6.17. The molecule has 1 aliphatic rings. The summed E-state index contributed by atoms with van der Waals surface area (Å²) in [6, 6.07) is 0. The zero-order chi connectivity index (χ0) is 12.2. The number of rotatable bonds is 3. The van der Waals surface area contributed by atoms with Gasteiger partial charge in [-0.1, -0.05) is 40.0 Å². The minimum Gasteiger partial charge on any atom is -0.448 e. The van der Waals surface area contributed by atoms with Crippen molar-refractivity contribution in [2.24, 2.45) is 5.41 Å². The van der Waals surface area contributed by atoms with Gasteiger partial charge >= 0.3 is 6.16 Å². The Morgan fingerprint density at radius 3 is 2.19 bits per heavy atom. The summed E-state index contributed by atoms with van der Waals surface area (Å²) in [7, 11) is 0. The molecule has 0 aromatic carbocycles. The normalized spacial score (nSPS) is 20.4. The highest BCUT2D eigenvalue weighted by Gasteiger charge is 2.45. The molecule has 0 radical (unpaired) electrons. The second-order valence-electron chi connectivity index (χ2n) is 5.31. The standard InChI is InChI=1S/C11H20O5/c1-10(2,3)11(7-5-4-6-8-11)15-16-14-9(12)13/h4-8H2,1-3H3,(H,12,13). The largest absolute Gasteiger partial charge is 0.540 e. The molecule has 0 aromatic heterocycles. The lowest BCUT2D eigenvalue weighted by atomic mass is 9.68. The molecule has 0 unspecified atom stereocenters. The van der Waals surface area contributed by atoms with Crippen molar-refractivity contribution in [3.63, 3.8) is 0 Å². The van der Waals surface area contributed by atoms with Crippen molar-refractivity contribution in [3.05, 3.63) is 0 Å². The molecule has 0 heterocycles. The molecule has 5 heteroatoms. The maximum Gasteiger partial charge on any atom is 0.540 e. The van der Waals surface area contributed by atoms with E-state index in [9.17, 15) is 4.79 Å². The smallest absolute Gasteiger partial charge is 0.448 e. The van der Waals surface area contributed by atoms with Gasteiger partial charge in [0.05, 0.1) is 0 Å². The minimum absolute atomic E-state index is 0.116. The molecular weight excluding hydrogens is 212 g/mol. The molecule has 0 bridgehead atoms. The van der Waals surface area contributed by atoms with Crippen molar-refractivity contribution in [2.75, 3.05) is 0 Å². The highest BCUT2D eigenvalue weighted by atomic mass is 17.5. The Morgan fingerprint density at radius 1 is 1.19 bits per heavy atom. The van der Waals surface area contributed by atoms with Crippen LogP contribution >= 0.6 is 0 Å². The fourth-order valence-electron chi connectivity index (χ4n) is 2.19. The van der Waals surface area contributed by atoms with Gasteiger partial charge in [-0.2, -0.15) is 4.89 Å². The lowest BCUT2D eigenvalue weighted by Crippen LogP contribution is -2.47. The highest BCUT2D eigenvalue weighted by molar-refractivity contribution is 5.55. The van der Waals surface area contributed by atoms with Crippen LogP contribution in [0.2, 0.25) is 0 Å². The summed E-state index contributed by atoms with van der Waals surface area (Å²) in [6.07, 6.45) is 3.53. The zero-order valence-corrected chi connectivity index (χ0v) is 10.1. The van der Waals surface area contributed by atoms with Gasteiger partial charge in [-0.25, -0.2) is 9.68 Å². The summed E-state index contributed by atoms with van der Waals surface area (Å²) in [5.74, 6) is 0. The van der Waals surface area contributed by atoms with Gasteiger partial charge in [-0.3, -0.25) is 0 Å². The Balaban J connectivity index is 2.60. The zero-order valence-electron chi connectivity index (χ0n) is 10.1. The van der Waals surface area contributed by atoms with Crippen LogP contribution < -0.4 is 0 Å². The van der Waals surface area contributed by atoms with Crippen LogP contribution in [0.25, 0.3) is 0 Å². The molecular formula is C11H20O5. The molecule has 0 spiro atoms. The molecule has 1 saturated carbocycles. The average molecular weight is 232 g/mol. The second-order valence-corrected chi connectivity index (χ2v) is 5.31. The SMILES string of the molecule is CC(C)(C)C1(OOOC(=O)O)CCCCC1. The van der Waals surface area contributed by atoms with Crippen LogP contribution in [0, 0.1) is 5.41 Å². The molecule has 0 saturated heterocycles. The summed E-state index contributed by atoms with van der Waals surface area (Å²) >= 11 is 0. The second kappa shape index (κ2) is 5.01. The van der Waals surface area contributed by atoms with E-state index >= 15 is 0 Å². The molecule has 1 rings (SSSR count). The fraction of sp³-hybridized carbons (Fsp3) is 0.909. The fourth-order valence-corrected chi connectivity index (χ4v) is 2.19. The summed E-state index contributed by atoms with van der Waals surface area (Å²) in [4.78, 5) is 19.4. The van der Waals surface area contributed by atoms with Crippen LogP contribution in [0.15, 0.2) is 0 Å². The lowest BCUT2D eigenvalue weighted by Gasteiger charge is -2.44. The number of carbonyl (C=O) groups is 1. The third-order valence-electron chi connectivity index (χ3n) is 3.33. The van der Waals surface area contributed by atoms with Gasteiger partial charge in [0.15, 0.2) is 0 Å². The first-order valence-electron chi connectivity index (χ1n) is 5.63. The van der Waals surface area contributed by atoms with Crippen LogP contribution in [0.5, 0.6) is 0 Å². The maximum atomic E-state index is 10.2. The van der Waals surface area contributed by atoms with E-state index in [0.717, 1.165) is 25.7 Å². The van der Waals surface area contributed by atoms with Crippen molar-refractivity contribution in [2.45, 2.75) is 58.5 Å². The van der Waals surface area contributed by atoms with E-state index in [2.05, 4.69) is 30.7 Å². The van der Waals surface area contributed by atoms with Gasteiger partial charge in [-0.15, -0.1) is 0 Å². The van der Waals surface area contributed by atoms with Gasteiger partial charge in [0, 0.05) is 0 Å². The number of hydrogen-bond donors (Lipinski definition) is 1. The molecule has 0 amide bonds. The van der Waals surface area contributed by atoms with Crippen LogP contribution in [0.4, 0.5) is 4.79 Å². The number of carboxylic acid groups (broad SMARTS) is 1. The van der Waals surface area contributed by atoms with Gasteiger partial charge < -0.3 is 5.11 Å². The van der Waals surface area contributed by atoms with E-state index < -0.39 is 11.8 Å². The molecule has 1 aliphatic carbocycles. The summed E-state index contributed by atoms with van der Waals surface area (Å²) in [5.41, 5.74) is -0.573. The van der Waals surface area contributed by atoms with E-state index in [1.54, 1.807) is 0 Å². The Labute approximate surface area is 95.5 Å². The van der Waals surface area contributed by atoms with Crippen LogP contribution in [0.1, 0.15) is 52.9 Å². The number of hydrogen-bond acceptors (Lipinski definition) is 4. The molecule has 94 valence electrons. The van der Waals surface area contributed by atoms with Gasteiger partial charge in [0.1, 0.15) is 5.60 Å². The molecule has 0 aliphatic heterocycles. The third-order valence-corrected chi connectivity index (χ3v) is 3.33. The molecule has 1 fully saturated rings. The molecule has 5 nitrogen and oxygen atoms in total. The quantitative estimate of drug-likeness (QED) is 0.597. The summed E-state index contributed by atoms with van der Waals surface area (Å²) < 4.78 is 0. The lowest BCUT2D eigenvalue weighted by molar-refractivity contribution is -0.532. The van der Waals surface area contributed by atoms with Gasteiger partial charge in [-0.05, 0) is 23.3 Å². The van der Waals surface area contributed by atoms with Crippen molar-refractivity contribution >= 4 is 6.16 Å². The van der Waals surface area contributed by atoms with Crippen molar-refractivity contribution in [1.29, 1.82) is 0 Å². The first kappa shape index (κ1) is 13.3. The third kappa shape index (κ3) is 3.09. The van der Waals surface area contributed by atoms with Crippen molar-refractivity contribution in [1.82, 2.24) is 0 Å². The van der Waals surface area contributed by atoms with E-state index in [1.807, 2.05) is 0 Å². The highest BCUT2D eigenvalue weighted by Crippen LogP contribution is 2.44. The van der Waals surface area contributed by atoms with E-state index in [0.29, 0.717) is 0 Å². The van der Waals surface area contributed by atoms with E-state index in [4.69, 9.17) is 9.99 Å². The Morgan fingerprint density at radius 2 is 1.75 bits per heavy atom. The monoisotopic (exact) mass is 232 g/mol. The average Bonchev–Trinajstić information content (AvgIpc) is 2.17. The molecule has 16 heavy (non-hydrogen) atoms. The van der Waals surface area contributed by atoms with Gasteiger partial charge in [0.2, 0.25) is 0 Å². The Hall–Kier alpha value is -0.810. The Kier molecular flexibility index (Phi) is 4.15. The maximum absolute atomic E-state index is 10.2. The van der Waals surface area contributed by atoms with E-state index in [1.165, 1.54) is 6.42 Å². The van der Waals surface area contributed by atoms with Crippen molar-refractivity contribution in [3.8, 4) is 0 Å². The topological polar surface area (TPSA) is 65.0 Å². The molecule has 1 N–H and O–H groups in total. The van der Waals surface area contributed by atoms with E-state index in [-0.39, 0.29) is 5.41 Å².